The average molecular weight is 243 g/mol. The van der Waals surface area contributed by atoms with E-state index in [4.69, 9.17) is 0 Å². The van der Waals surface area contributed by atoms with Gasteiger partial charge < -0.3 is 5.11 Å². The predicted octanol–water partition coefficient (Wildman–Crippen LogP) is 3.31. The maximum Gasteiger partial charge on any atom is 0.0697 e. The highest BCUT2D eigenvalue weighted by molar-refractivity contribution is 5.21. The Morgan fingerprint density at radius 3 is 2.61 bits per heavy atom. The molecule has 0 spiro atoms. The predicted molar refractivity (Wildman–Crippen MR) is 71.8 cm³/mol. The molecule has 3 atom stereocenters. The van der Waals surface area contributed by atoms with E-state index in [-0.39, 0.29) is 5.92 Å². The summed E-state index contributed by atoms with van der Waals surface area (Å²) in [5.74, 6) is 0.00366. The Morgan fingerprint density at radius 2 is 2.00 bits per heavy atom. The molecule has 18 heavy (non-hydrogen) atoms. The van der Waals surface area contributed by atoms with Crippen LogP contribution in [0.4, 0.5) is 0 Å². The second kappa shape index (κ2) is 4.74. The van der Waals surface area contributed by atoms with Crippen LogP contribution < -0.4 is 0 Å². The van der Waals surface area contributed by atoms with E-state index >= 15 is 0 Å². The number of rotatable bonds is 2. The fraction of sp³-hybridized carbons (Fsp3) is 0.562. The molecule has 0 aromatic heterocycles. The SMILES string of the molecule is C[C@@H]1[C@](C#N)(Cc2ccccc2)CCC[C@]1(C)O. The minimum atomic E-state index is -0.719. The summed E-state index contributed by atoms with van der Waals surface area (Å²) in [6.45, 7) is 3.89. The Labute approximate surface area is 109 Å². The quantitative estimate of drug-likeness (QED) is 0.866. The van der Waals surface area contributed by atoms with Crippen LogP contribution in [0.1, 0.15) is 38.7 Å². The van der Waals surface area contributed by atoms with Gasteiger partial charge in [-0.05, 0) is 38.2 Å². The minimum absolute atomic E-state index is 0.00366. The summed E-state index contributed by atoms with van der Waals surface area (Å²) in [7, 11) is 0. The van der Waals surface area contributed by atoms with Gasteiger partial charge in [0.05, 0.1) is 17.1 Å². The zero-order valence-corrected chi connectivity index (χ0v) is 11.2. The van der Waals surface area contributed by atoms with Crippen LogP contribution in [-0.4, -0.2) is 10.7 Å². The molecule has 1 fully saturated rings. The molecular formula is C16H21NO. The van der Waals surface area contributed by atoms with Crippen molar-refractivity contribution in [1.82, 2.24) is 0 Å². The van der Waals surface area contributed by atoms with Gasteiger partial charge in [-0.1, -0.05) is 37.3 Å². The summed E-state index contributed by atoms with van der Waals surface area (Å²) in [5.41, 5.74) is 0.0369. The van der Waals surface area contributed by atoms with Crippen molar-refractivity contribution in [3.8, 4) is 6.07 Å². The fourth-order valence-corrected chi connectivity index (χ4v) is 3.18. The van der Waals surface area contributed by atoms with Gasteiger partial charge in [-0.3, -0.25) is 0 Å². The summed E-state index contributed by atoms with van der Waals surface area (Å²) in [4.78, 5) is 0. The maximum absolute atomic E-state index is 10.4. The van der Waals surface area contributed by atoms with Gasteiger partial charge in [0.2, 0.25) is 0 Å². The molecule has 1 aliphatic carbocycles. The third-order valence-corrected chi connectivity index (χ3v) is 4.65. The Morgan fingerprint density at radius 1 is 1.33 bits per heavy atom. The van der Waals surface area contributed by atoms with Crippen molar-refractivity contribution in [1.29, 1.82) is 5.26 Å². The number of benzene rings is 1. The van der Waals surface area contributed by atoms with Crippen molar-refractivity contribution in [3.63, 3.8) is 0 Å². The third-order valence-electron chi connectivity index (χ3n) is 4.65. The monoisotopic (exact) mass is 243 g/mol. The number of hydrogen-bond donors (Lipinski definition) is 1. The van der Waals surface area contributed by atoms with Crippen molar-refractivity contribution in [2.75, 3.05) is 0 Å². The third kappa shape index (κ3) is 2.28. The summed E-state index contributed by atoms with van der Waals surface area (Å²) in [6, 6.07) is 12.6. The van der Waals surface area contributed by atoms with E-state index in [0.717, 1.165) is 25.7 Å². The smallest absolute Gasteiger partial charge is 0.0697 e. The van der Waals surface area contributed by atoms with Crippen molar-refractivity contribution >= 4 is 0 Å². The minimum Gasteiger partial charge on any atom is -0.390 e. The van der Waals surface area contributed by atoms with Gasteiger partial charge >= 0.3 is 0 Å². The van der Waals surface area contributed by atoms with Gasteiger partial charge in [-0.25, -0.2) is 0 Å². The van der Waals surface area contributed by atoms with E-state index in [9.17, 15) is 10.4 Å². The normalized spacial score (nSPS) is 36.0. The average Bonchev–Trinajstić information content (AvgIpc) is 2.36. The van der Waals surface area contributed by atoms with Crippen LogP contribution in [0.25, 0.3) is 0 Å². The first-order valence-corrected chi connectivity index (χ1v) is 6.68. The van der Waals surface area contributed by atoms with Crippen LogP contribution in [0.2, 0.25) is 0 Å². The Bertz CT molecular complexity index is 446. The van der Waals surface area contributed by atoms with Gasteiger partial charge in [0, 0.05) is 5.92 Å². The van der Waals surface area contributed by atoms with Crippen LogP contribution >= 0.6 is 0 Å². The molecule has 0 amide bonds. The molecule has 1 saturated carbocycles. The number of aliphatic hydroxyl groups is 1. The first-order chi connectivity index (χ1) is 8.50. The molecule has 2 heteroatoms. The molecule has 0 bridgehead atoms. The highest BCUT2D eigenvalue weighted by atomic mass is 16.3. The molecular weight excluding hydrogens is 222 g/mol. The summed E-state index contributed by atoms with van der Waals surface area (Å²) in [6.07, 6.45) is 3.35. The number of nitriles is 1. The van der Waals surface area contributed by atoms with E-state index in [1.165, 1.54) is 5.56 Å². The van der Waals surface area contributed by atoms with E-state index in [2.05, 4.69) is 18.2 Å². The molecule has 1 N–H and O–H groups in total. The molecule has 0 aliphatic heterocycles. The molecule has 1 aromatic rings. The topological polar surface area (TPSA) is 44.0 Å². The van der Waals surface area contributed by atoms with Crippen LogP contribution in [0.15, 0.2) is 30.3 Å². The van der Waals surface area contributed by atoms with Crippen LogP contribution in [0.5, 0.6) is 0 Å². The molecule has 1 aliphatic rings. The Kier molecular flexibility index (Phi) is 3.45. The van der Waals surface area contributed by atoms with Crippen molar-refractivity contribution in [3.05, 3.63) is 35.9 Å². The zero-order valence-electron chi connectivity index (χ0n) is 11.2. The standard InChI is InChI=1S/C16H21NO/c1-13-15(2,18)9-6-10-16(13,12-17)11-14-7-4-3-5-8-14/h3-5,7-8,13,18H,6,9-11H2,1-2H3/t13-,15-,16-/m0/s1. The molecule has 2 nitrogen and oxygen atoms in total. The molecule has 0 unspecified atom stereocenters. The molecule has 96 valence electrons. The van der Waals surface area contributed by atoms with Gasteiger partial charge in [0.1, 0.15) is 0 Å². The highest BCUT2D eigenvalue weighted by Crippen LogP contribution is 2.47. The van der Waals surface area contributed by atoms with Gasteiger partial charge in [-0.15, -0.1) is 0 Å². The van der Waals surface area contributed by atoms with Gasteiger partial charge in [0.15, 0.2) is 0 Å². The van der Waals surface area contributed by atoms with Gasteiger partial charge in [0.25, 0.3) is 0 Å². The van der Waals surface area contributed by atoms with Crippen LogP contribution in [0, 0.1) is 22.7 Å². The van der Waals surface area contributed by atoms with Crippen LogP contribution in [-0.2, 0) is 6.42 Å². The summed E-state index contributed by atoms with van der Waals surface area (Å²) < 4.78 is 0. The zero-order chi connectivity index (χ0) is 13.2. The summed E-state index contributed by atoms with van der Waals surface area (Å²) in [5, 5.41) is 20.1. The fourth-order valence-electron chi connectivity index (χ4n) is 3.18. The Hall–Kier alpha value is -1.33. The van der Waals surface area contributed by atoms with E-state index in [1.54, 1.807) is 0 Å². The summed E-state index contributed by atoms with van der Waals surface area (Å²) >= 11 is 0. The first kappa shape index (κ1) is 13.1. The molecule has 0 radical (unpaired) electrons. The lowest BCUT2D eigenvalue weighted by atomic mass is 9.59. The lowest BCUT2D eigenvalue weighted by Gasteiger charge is -2.46. The van der Waals surface area contributed by atoms with Crippen molar-refractivity contribution < 1.29 is 5.11 Å². The molecule has 0 heterocycles. The highest BCUT2D eigenvalue weighted by Gasteiger charge is 2.48. The largest absolute Gasteiger partial charge is 0.390 e. The number of hydrogen-bond acceptors (Lipinski definition) is 2. The van der Waals surface area contributed by atoms with E-state index in [0.29, 0.717) is 0 Å². The molecule has 1 aromatic carbocycles. The molecule has 2 rings (SSSR count). The number of nitrogens with zero attached hydrogens (tertiary/aromatic N) is 1. The van der Waals surface area contributed by atoms with Crippen molar-refractivity contribution in [2.45, 2.75) is 45.1 Å². The van der Waals surface area contributed by atoms with Crippen LogP contribution in [0.3, 0.4) is 0 Å². The molecule has 0 saturated heterocycles. The Balaban J connectivity index is 2.29. The van der Waals surface area contributed by atoms with E-state index < -0.39 is 11.0 Å². The first-order valence-electron chi connectivity index (χ1n) is 6.68. The maximum atomic E-state index is 10.4. The van der Waals surface area contributed by atoms with E-state index in [1.807, 2.05) is 32.0 Å². The van der Waals surface area contributed by atoms with Gasteiger partial charge in [-0.2, -0.15) is 5.26 Å². The lowest BCUT2D eigenvalue weighted by molar-refractivity contribution is -0.0730. The van der Waals surface area contributed by atoms with Crippen molar-refractivity contribution in [2.24, 2.45) is 11.3 Å². The second-order valence-electron chi connectivity index (χ2n) is 5.86. The second-order valence-corrected chi connectivity index (χ2v) is 5.86. The lowest BCUT2D eigenvalue weighted by Crippen LogP contribution is -2.48.